The molecular formula is C8H16I2. The lowest BCUT2D eigenvalue weighted by Gasteiger charge is -2.21. The lowest BCUT2D eigenvalue weighted by molar-refractivity contribution is 0.528. The van der Waals surface area contributed by atoms with Crippen LogP contribution < -0.4 is 0 Å². The molecule has 0 saturated heterocycles. The van der Waals surface area contributed by atoms with E-state index >= 15 is 0 Å². The first-order valence-corrected chi connectivity index (χ1v) is 13.1. The molecule has 2 heteroatoms. The molecule has 1 rings (SSSR count). The van der Waals surface area contributed by atoms with Crippen molar-refractivity contribution in [2.24, 2.45) is 5.92 Å². The minimum absolute atomic E-state index is 0.712. The van der Waals surface area contributed by atoms with Crippen molar-refractivity contribution in [1.29, 1.82) is 0 Å². The van der Waals surface area contributed by atoms with Gasteiger partial charge >= 0.3 is 0 Å². The zero-order valence-corrected chi connectivity index (χ0v) is 11.1. The molecule has 10 heavy (non-hydrogen) atoms. The summed E-state index contributed by atoms with van der Waals surface area (Å²) >= 11 is 1.46. The molecule has 1 aliphatic rings. The van der Waals surface area contributed by atoms with Crippen LogP contribution in [0.5, 0.6) is 0 Å². The van der Waals surface area contributed by atoms with Gasteiger partial charge in [-0.2, -0.15) is 0 Å². The topological polar surface area (TPSA) is 0 Å². The van der Waals surface area contributed by atoms with Gasteiger partial charge in [-0.15, -0.1) is 0 Å². The van der Waals surface area contributed by atoms with E-state index in [0.717, 1.165) is 22.5 Å². The largest absolute Gasteiger partial charge is 0.0861 e. The molecule has 0 fully saturated rings. The van der Waals surface area contributed by atoms with Crippen LogP contribution in [0.25, 0.3) is 0 Å². The monoisotopic (exact) mass is 366 g/mol. The molecule has 0 saturated carbocycles. The molecule has 0 nitrogen and oxygen atoms in total. The van der Waals surface area contributed by atoms with Gasteiger partial charge in [-0.25, -0.2) is 0 Å². The van der Waals surface area contributed by atoms with Gasteiger partial charge in [0, 0.05) is 3.92 Å². The average Bonchev–Trinajstić information content (AvgIpc) is 1.94. The molecule has 0 aromatic rings. The van der Waals surface area contributed by atoms with Gasteiger partial charge in [0.1, 0.15) is 0 Å². The second-order valence-electron chi connectivity index (χ2n) is 2.94. The van der Waals surface area contributed by atoms with Crippen LogP contribution in [0.15, 0.2) is 0 Å². The van der Waals surface area contributed by atoms with Crippen molar-refractivity contribution in [2.75, 3.05) is 4.43 Å². The normalized spacial score (nSPS) is 34.2. The minimum Gasteiger partial charge on any atom is -0.0861 e. The first-order valence-electron chi connectivity index (χ1n) is 4.06. The summed E-state index contributed by atoms with van der Waals surface area (Å²) in [6.45, 7) is 4.81. The molecule has 0 spiro atoms. The Bertz CT molecular complexity index is 120. The molecule has 62 valence electrons. The molecule has 0 bridgehead atoms. The predicted molar refractivity (Wildman–Crippen MR) is 65.4 cm³/mol. The maximum Gasteiger partial charge on any atom is 0.0135 e. The van der Waals surface area contributed by atoms with Gasteiger partial charge in [0.15, 0.2) is 0 Å². The second-order valence-corrected chi connectivity index (χ2v) is 13.7. The third-order valence-electron chi connectivity index (χ3n) is 1.98. The van der Waals surface area contributed by atoms with Crippen molar-refractivity contribution < 1.29 is 0 Å². The Morgan fingerprint density at radius 1 is 1.50 bits per heavy atom. The van der Waals surface area contributed by atoms with Crippen molar-refractivity contribution >= 4 is 33.2 Å². The average molecular weight is 366 g/mol. The van der Waals surface area contributed by atoms with E-state index in [9.17, 15) is 0 Å². The highest BCUT2D eigenvalue weighted by Gasteiger charge is 2.16. The highest BCUT2D eigenvalue weighted by molar-refractivity contribution is 14.8. The van der Waals surface area contributed by atoms with E-state index < -0.39 is 0 Å². The summed E-state index contributed by atoms with van der Waals surface area (Å²) in [6.07, 6.45) is 4.55. The van der Waals surface area contributed by atoms with Gasteiger partial charge < -0.3 is 0 Å². The van der Waals surface area contributed by atoms with E-state index in [1.807, 2.05) is 0 Å². The highest BCUT2D eigenvalue weighted by atomic mass is 128. The van der Waals surface area contributed by atoms with E-state index in [0.29, 0.717) is 16.6 Å². The Kier molecular flexibility index (Phi) is 4.93. The Labute approximate surface area is 79.8 Å². The summed E-state index contributed by atoms with van der Waals surface area (Å²) in [7, 11) is 0. The molecule has 2 atom stereocenters. The van der Waals surface area contributed by atoms with E-state index in [-0.39, 0.29) is 0 Å². The van der Waals surface area contributed by atoms with E-state index in [1.165, 1.54) is 10.3 Å². The second kappa shape index (κ2) is 5.17. The number of halogens is 2. The summed E-state index contributed by atoms with van der Waals surface area (Å²) in [5, 5.41) is 0. The van der Waals surface area contributed by atoms with Crippen LogP contribution in [-0.2, 0) is 0 Å². The SMILES string of the molecule is CCCC1I=ICCC1C. The van der Waals surface area contributed by atoms with E-state index in [1.54, 1.807) is 17.3 Å². The van der Waals surface area contributed by atoms with Gasteiger partial charge in [-0.05, 0) is 23.2 Å². The molecule has 0 amide bonds. The molecule has 1 aliphatic heterocycles. The summed E-state index contributed by atoms with van der Waals surface area (Å²) in [5.41, 5.74) is 0. The van der Waals surface area contributed by atoms with Crippen LogP contribution in [0.3, 0.4) is 0 Å². The fourth-order valence-electron chi connectivity index (χ4n) is 1.19. The Morgan fingerprint density at radius 3 is 2.90 bits per heavy atom. The van der Waals surface area contributed by atoms with Crippen molar-refractivity contribution in [2.45, 2.75) is 37.0 Å². The van der Waals surface area contributed by atoms with Crippen LogP contribution in [-0.4, -0.2) is 8.35 Å². The zero-order chi connectivity index (χ0) is 7.40. The van der Waals surface area contributed by atoms with Crippen molar-refractivity contribution in [1.82, 2.24) is 0 Å². The van der Waals surface area contributed by atoms with E-state index in [4.69, 9.17) is 0 Å². The fourth-order valence-corrected chi connectivity index (χ4v) is 15.5. The van der Waals surface area contributed by atoms with Crippen LogP contribution in [0, 0.1) is 5.92 Å². The molecule has 0 N–H and O–H groups in total. The number of rotatable bonds is 2. The smallest absolute Gasteiger partial charge is 0.0135 e. The Morgan fingerprint density at radius 2 is 2.30 bits per heavy atom. The quantitative estimate of drug-likeness (QED) is 0.511. The van der Waals surface area contributed by atoms with Gasteiger partial charge in [0.25, 0.3) is 0 Å². The standard InChI is InChI=1S/C8H16I2/c1-3-4-8-7(2)5-6-9-10-8/h7-8H,3-6H2,1-2H3. The fraction of sp³-hybridized carbons (Fsp3) is 1.00. The van der Waals surface area contributed by atoms with Crippen molar-refractivity contribution in [3.8, 4) is 0 Å². The molecule has 1 heterocycles. The first kappa shape index (κ1) is 9.55. The highest BCUT2D eigenvalue weighted by Crippen LogP contribution is 2.38. The maximum atomic E-state index is 2.48. The molecular weight excluding hydrogens is 350 g/mol. The van der Waals surface area contributed by atoms with E-state index in [2.05, 4.69) is 13.8 Å². The van der Waals surface area contributed by atoms with Crippen LogP contribution >= 0.6 is 33.2 Å². The third-order valence-corrected chi connectivity index (χ3v) is 14.8. The van der Waals surface area contributed by atoms with Crippen LogP contribution in [0.4, 0.5) is 0 Å². The number of alkyl halides is 2. The lowest BCUT2D eigenvalue weighted by atomic mass is 10.0. The molecule has 0 radical (unpaired) electrons. The minimum atomic E-state index is 0.712. The summed E-state index contributed by atoms with van der Waals surface area (Å²) in [4.78, 5) is 0. The number of hydrogen-bond acceptors (Lipinski definition) is 0. The van der Waals surface area contributed by atoms with Crippen molar-refractivity contribution in [3.05, 3.63) is 0 Å². The summed E-state index contributed by atoms with van der Waals surface area (Å²) < 4.78 is 2.87. The first-order chi connectivity index (χ1) is 4.84. The molecule has 0 aromatic carbocycles. The zero-order valence-electron chi connectivity index (χ0n) is 6.74. The summed E-state index contributed by atoms with van der Waals surface area (Å²) in [6, 6.07) is 0. The molecule has 0 aliphatic carbocycles. The predicted octanol–water partition coefficient (Wildman–Crippen LogP) is 4.05. The summed E-state index contributed by atoms with van der Waals surface area (Å²) in [5.74, 6) is 1.10. The lowest BCUT2D eigenvalue weighted by Crippen LogP contribution is -2.13. The number of hydrogen-bond donors (Lipinski definition) is 0. The van der Waals surface area contributed by atoms with Crippen LogP contribution in [0.1, 0.15) is 33.1 Å². The van der Waals surface area contributed by atoms with Gasteiger partial charge in [0.2, 0.25) is 0 Å². The van der Waals surface area contributed by atoms with Gasteiger partial charge in [-0.1, -0.05) is 53.5 Å². The molecule has 0 aromatic heterocycles. The van der Waals surface area contributed by atoms with Gasteiger partial charge in [-0.3, -0.25) is 0 Å². The third kappa shape index (κ3) is 2.83. The van der Waals surface area contributed by atoms with Crippen molar-refractivity contribution in [3.63, 3.8) is 0 Å². The molecule has 2 unspecified atom stereocenters. The Balaban J connectivity index is 2.39. The van der Waals surface area contributed by atoms with Gasteiger partial charge in [0.05, 0.1) is 0 Å². The maximum absolute atomic E-state index is 2.48. The van der Waals surface area contributed by atoms with Crippen LogP contribution in [0.2, 0.25) is 0 Å². The Hall–Kier alpha value is 1.46.